The van der Waals surface area contributed by atoms with Gasteiger partial charge in [0.1, 0.15) is 36.7 Å². The van der Waals surface area contributed by atoms with Crippen molar-refractivity contribution in [3.8, 4) is 0 Å². The largest absolute Gasteiger partial charge is 0.459 e. The topological polar surface area (TPSA) is 196 Å². The Kier molecular flexibility index (Phi) is 14.7. The van der Waals surface area contributed by atoms with Crippen LogP contribution in [0.3, 0.4) is 0 Å². The van der Waals surface area contributed by atoms with Crippen molar-refractivity contribution in [2.75, 3.05) is 6.61 Å². The summed E-state index contributed by atoms with van der Waals surface area (Å²) in [4.78, 5) is 27.0. The van der Waals surface area contributed by atoms with Crippen LogP contribution >= 0.6 is 0 Å². The minimum Gasteiger partial charge on any atom is -0.459 e. The third-order valence-corrected chi connectivity index (χ3v) is 19.0. The van der Waals surface area contributed by atoms with E-state index in [4.69, 9.17) is 9.47 Å². The van der Waals surface area contributed by atoms with Crippen LogP contribution in [-0.4, -0.2) is 95.8 Å². The molecule has 13 heteroatoms. The van der Waals surface area contributed by atoms with Crippen molar-refractivity contribution in [2.24, 2.45) is 56.7 Å². The highest BCUT2D eigenvalue weighted by atomic mass is 16.6. The Balaban J connectivity index is 0.852. The van der Waals surface area contributed by atoms with Crippen molar-refractivity contribution in [3.05, 3.63) is 23.5 Å². The van der Waals surface area contributed by atoms with E-state index in [0.717, 1.165) is 103 Å². The van der Waals surface area contributed by atoms with Crippen LogP contribution in [0.1, 0.15) is 170 Å². The summed E-state index contributed by atoms with van der Waals surface area (Å²) in [5.41, 5.74) is 2.00. The summed E-state index contributed by atoms with van der Waals surface area (Å²) in [6.07, 6.45) is 15.0. The standard InChI is InChI=1S/C50H82N4O9/c1-31-19-24-50(26-25-48(6)34(40(50)32(31)2)17-18-37-47(5)22-21-38(56)46(3,4)36(47)20-23-49(37,48)7)45(61)62-30-33-28-54(53-52-33)27-15-13-11-9-8-10-12-14-16-39(57)51-44-43(60)42(59)41(58)35(29-55)63-44/h17,28,31-32,35-38,40-44,55-56,58-60H,8-16,18-27,29-30H2,1-7H3,(H,51,57)/t31-,32+,35-,36+,37-,38+,40+,41-,42+,43-,44-,47+,48-,49-,50+/m1/s1. The number of ether oxygens (including phenoxy) is 2. The number of hydrogen-bond acceptors (Lipinski definition) is 11. The summed E-state index contributed by atoms with van der Waals surface area (Å²) >= 11 is 0. The Morgan fingerprint density at radius 1 is 0.841 bits per heavy atom. The van der Waals surface area contributed by atoms with Crippen LogP contribution in [0.2, 0.25) is 0 Å². The van der Waals surface area contributed by atoms with Crippen molar-refractivity contribution < 1.29 is 44.6 Å². The summed E-state index contributed by atoms with van der Waals surface area (Å²) in [5, 5.41) is 61.8. The highest BCUT2D eigenvalue weighted by Gasteiger charge is 2.69. The second-order valence-corrected chi connectivity index (χ2v) is 22.6. The molecule has 1 aromatic heterocycles. The molecule has 0 aromatic carbocycles. The van der Waals surface area contributed by atoms with Crippen molar-refractivity contribution in [1.82, 2.24) is 20.3 Å². The number of hydrogen-bond donors (Lipinski definition) is 6. The van der Waals surface area contributed by atoms with E-state index >= 15 is 0 Å². The third-order valence-electron chi connectivity index (χ3n) is 19.0. The van der Waals surface area contributed by atoms with Gasteiger partial charge in [-0.05, 0) is 122 Å². The van der Waals surface area contributed by atoms with Gasteiger partial charge in [-0.2, -0.15) is 0 Å². The number of nitrogens with one attached hydrogen (secondary N) is 1. The smallest absolute Gasteiger partial charge is 0.313 e. The Morgan fingerprint density at radius 3 is 2.25 bits per heavy atom. The highest BCUT2D eigenvalue weighted by molar-refractivity contribution is 5.79. The number of aliphatic hydroxyl groups is 5. The van der Waals surface area contributed by atoms with Crippen molar-refractivity contribution in [2.45, 2.75) is 214 Å². The zero-order valence-corrected chi connectivity index (χ0v) is 39.6. The zero-order chi connectivity index (χ0) is 45.5. The first-order valence-electron chi connectivity index (χ1n) is 24.9. The van der Waals surface area contributed by atoms with Crippen LogP contribution in [-0.2, 0) is 32.2 Å². The molecule has 63 heavy (non-hydrogen) atoms. The number of fused-ring (bicyclic) bond motifs is 7. The van der Waals surface area contributed by atoms with Crippen LogP contribution in [0, 0.1) is 56.7 Å². The molecule has 2 heterocycles. The molecule has 1 amide bonds. The first-order chi connectivity index (χ1) is 29.8. The highest BCUT2D eigenvalue weighted by Crippen LogP contribution is 2.76. The molecule has 6 N–H and O–H groups in total. The number of nitrogens with zero attached hydrogens (tertiary/aromatic N) is 3. The second-order valence-electron chi connectivity index (χ2n) is 22.6. The van der Waals surface area contributed by atoms with Gasteiger partial charge in [-0.3, -0.25) is 14.3 Å². The van der Waals surface area contributed by atoms with E-state index in [1.807, 2.05) is 10.9 Å². The number of rotatable bonds is 16. The molecule has 5 fully saturated rings. The summed E-state index contributed by atoms with van der Waals surface area (Å²) in [7, 11) is 0. The van der Waals surface area contributed by atoms with E-state index < -0.39 is 42.7 Å². The number of amides is 1. The molecule has 0 radical (unpaired) electrons. The molecule has 1 saturated heterocycles. The quantitative estimate of drug-likeness (QED) is 0.0583. The first kappa shape index (κ1) is 48.5. The first-order valence-corrected chi connectivity index (χ1v) is 24.9. The van der Waals surface area contributed by atoms with Gasteiger partial charge < -0.3 is 40.3 Å². The van der Waals surface area contributed by atoms with Crippen LogP contribution in [0.4, 0.5) is 0 Å². The second kappa shape index (κ2) is 19.1. The average Bonchev–Trinajstić information content (AvgIpc) is 3.71. The predicted octanol–water partition coefficient (Wildman–Crippen LogP) is 6.77. The average molecular weight is 883 g/mol. The van der Waals surface area contributed by atoms with Gasteiger partial charge in [-0.1, -0.05) is 104 Å². The predicted molar refractivity (Wildman–Crippen MR) is 238 cm³/mol. The van der Waals surface area contributed by atoms with Gasteiger partial charge in [-0.25, -0.2) is 0 Å². The summed E-state index contributed by atoms with van der Waals surface area (Å²) in [6, 6.07) is 0. The number of carbonyl (C=O) groups is 2. The molecular weight excluding hydrogens is 801 g/mol. The Morgan fingerprint density at radius 2 is 1.54 bits per heavy atom. The van der Waals surface area contributed by atoms with Gasteiger partial charge in [0.25, 0.3) is 0 Å². The van der Waals surface area contributed by atoms with Gasteiger partial charge in [0, 0.05) is 13.0 Å². The van der Waals surface area contributed by atoms with Crippen molar-refractivity contribution in [3.63, 3.8) is 0 Å². The van der Waals surface area contributed by atoms with E-state index in [2.05, 4.69) is 70.2 Å². The van der Waals surface area contributed by atoms with Crippen LogP contribution in [0.15, 0.2) is 17.8 Å². The fourth-order valence-corrected chi connectivity index (χ4v) is 14.7. The minimum absolute atomic E-state index is 0.0247. The maximum Gasteiger partial charge on any atom is 0.313 e. The molecule has 7 rings (SSSR count). The molecule has 5 aliphatic carbocycles. The number of aryl methyl sites for hydroxylation is 1. The lowest BCUT2D eigenvalue weighted by Crippen LogP contribution is -2.65. The molecule has 15 atom stereocenters. The molecule has 6 aliphatic rings. The maximum absolute atomic E-state index is 14.6. The van der Waals surface area contributed by atoms with Crippen LogP contribution in [0.5, 0.6) is 0 Å². The zero-order valence-electron chi connectivity index (χ0n) is 39.6. The van der Waals surface area contributed by atoms with E-state index in [1.54, 1.807) is 5.57 Å². The monoisotopic (exact) mass is 883 g/mol. The fraction of sp³-hybridized carbons (Fsp3) is 0.880. The molecule has 0 spiro atoms. The SMILES string of the molecule is C[C@H]1[C@H](C)CC[C@]2(C(=O)OCc3cn(CCCCCCCCCCC(=O)N[C@@H]4O[C@H](CO)[C@@H](O)[C@H](O)[C@H]4O)nn3)CC[C@]3(C)C(=CC[C@@H]4[C@@]5(C)CC[C@H](O)C(C)(C)[C@@H]5CC[C@]43C)[C@H]12. The van der Waals surface area contributed by atoms with E-state index in [-0.39, 0.29) is 58.6 Å². The van der Waals surface area contributed by atoms with Gasteiger partial charge in [0.15, 0.2) is 6.23 Å². The lowest BCUT2D eigenvalue weighted by molar-refractivity contribution is -0.236. The summed E-state index contributed by atoms with van der Waals surface area (Å²) in [5.74, 6) is 1.83. The normalized spacial score (nSPS) is 41.9. The van der Waals surface area contributed by atoms with Crippen LogP contribution in [0.25, 0.3) is 0 Å². The Bertz CT molecular complexity index is 1780. The minimum atomic E-state index is -1.52. The Labute approximate surface area is 376 Å². The number of esters is 1. The van der Waals surface area contributed by atoms with E-state index in [1.165, 1.54) is 6.42 Å². The van der Waals surface area contributed by atoms with Gasteiger partial charge in [0.2, 0.25) is 5.91 Å². The molecule has 0 bridgehead atoms. The number of aliphatic hydroxyl groups excluding tert-OH is 5. The summed E-state index contributed by atoms with van der Waals surface area (Å²) in [6.45, 7) is 17.5. The molecule has 1 aromatic rings. The number of aromatic nitrogens is 3. The molecule has 0 unspecified atom stereocenters. The Hall–Kier alpha value is -2.42. The van der Waals surface area contributed by atoms with E-state index in [9.17, 15) is 35.1 Å². The van der Waals surface area contributed by atoms with Gasteiger partial charge in [-0.15, -0.1) is 5.10 Å². The van der Waals surface area contributed by atoms with E-state index in [0.29, 0.717) is 35.8 Å². The molecule has 1 aliphatic heterocycles. The number of unbranched alkanes of at least 4 members (excludes halogenated alkanes) is 7. The maximum atomic E-state index is 14.6. The van der Waals surface area contributed by atoms with Gasteiger partial charge in [0.05, 0.1) is 24.3 Å². The summed E-state index contributed by atoms with van der Waals surface area (Å²) < 4.78 is 13.5. The fourth-order valence-electron chi connectivity index (χ4n) is 14.7. The lowest BCUT2D eigenvalue weighted by atomic mass is 9.33. The molecular formula is C50H82N4O9. The molecule has 13 nitrogen and oxygen atoms in total. The number of allylic oxidation sites excluding steroid dienone is 2. The molecule has 356 valence electrons. The van der Waals surface area contributed by atoms with Crippen molar-refractivity contribution >= 4 is 11.9 Å². The van der Waals surface area contributed by atoms with Crippen molar-refractivity contribution in [1.29, 1.82) is 0 Å². The van der Waals surface area contributed by atoms with Gasteiger partial charge >= 0.3 is 5.97 Å². The third kappa shape index (κ3) is 8.83. The number of carbonyl (C=O) groups excluding carboxylic acids is 2. The lowest BCUT2D eigenvalue weighted by Gasteiger charge is -2.71. The van der Waals surface area contributed by atoms with Crippen LogP contribution < -0.4 is 5.32 Å². The molecule has 4 saturated carbocycles.